The highest BCUT2D eigenvalue weighted by molar-refractivity contribution is 5.07. The lowest BCUT2D eigenvalue weighted by Gasteiger charge is -2.29. The molecular formula is C14H25N3O3. The van der Waals surface area contributed by atoms with Crippen LogP contribution in [0.2, 0.25) is 0 Å². The fourth-order valence-corrected chi connectivity index (χ4v) is 2.78. The van der Waals surface area contributed by atoms with Crippen LogP contribution >= 0.6 is 0 Å². The predicted molar refractivity (Wildman–Crippen MR) is 74.2 cm³/mol. The van der Waals surface area contributed by atoms with Crippen molar-refractivity contribution in [2.45, 2.75) is 57.7 Å². The zero-order valence-electron chi connectivity index (χ0n) is 12.6. The normalized spacial score (nSPS) is 24.0. The second-order valence-electron chi connectivity index (χ2n) is 5.37. The first-order valence-electron chi connectivity index (χ1n) is 7.52. The summed E-state index contributed by atoms with van der Waals surface area (Å²) < 4.78 is 11.2. The molecule has 114 valence electrons. The number of hydrogen-bond acceptors (Lipinski definition) is 6. The second kappa shape index (κ2) is 6.20. The van der Waals surface area contributed by atoms with E-state index in [2.05, 4.69) is 15.5 Å². The summed E-state index contributed by atoms with van der Waals surface area (Å²) in [4.78, 5) is 4.45. The van der Waals surface area contributed by atoms with Crippen LogP contribution in [0.5, 0.6) is 0 Å². The third-order valence-electron chi connectivity index (χ3n) is 4.16. The maximum Gasteiger partial charge on any atom is 0.260 e. The average molecular weight is 283 g/mol. The van der Waals surface area contributed by atoms with Crippen molar-refractivity contribution in [3.8, 4) is 0 Å². The van der Waals surface area contributed by atoms with Gasteiger partial charge in [0.25, 0.3) is 5.89 Å². The largest absolute Gasteiger partial charge is 0.379 e. The number of ether oxygens (including phenoxy) is 1. The van der Waals surface area contributed by atoms with Crippen LogP contribution in [0.4, 0.5) is 0 Å². The number of rotatable bonds is 6. The molecule has 1 saturated heterocycles. The van der Waals surface area contributed by atoms with E-state index in [4.69, 9.17) is 9.26 Å². The fourth-order valence-electron chi connectivity index (χ4n) is 2.78. The lowest BCUT2D eigenvalue weighted by atomic mass is 9.93. The van der Waals surface area contributed by atoms with Gasteiger partial charge in [0.15, 0.2) is 5.60 Å². The molecule has 1 unspecified atom stereocenters. The van der Waals surface area contributed by atoms with Crippen LogP contribution in [0.15, 0.2) is 4.52 Å². The molecule has 1 aromatic heterocycles. The molecule has 0 aromatic carbocycles. The van der Waals surface area contributed by atoms with Gasteiger partial charge in [0.1, 0.15) is 5.60 Å². The minimum atomic E-state index is -1.05. The fraction of sp³-hybridized carbons (Fsp3) is 0.857. The Morgan fingerprint density at radius 3 is 2.70 bits per heavy atom. The minimum Gasteiger partial charge on any atom is -0.379 e. The van der Waals surface area contributed by atoms with E-state index < -0.39 is 11.2 Å². The summed E-state index contributed by atoms with van der Waals surface area (Å²) in [5.74, 6) is 0.837. The van der Waals surface area contributed by atoms with Crippen LogP contribution in [-0.4, -0.2) is 34.9 Å². The summed E-state index contributed by atoms with van der Waals surface area (Å²) in [6.07, 6.45) is 3.08. The molecule has 1 aliphatic rings. The van der Waals surface area contributed by atoms with Crippen molar-refractivity contribution in [2.75, 3.05) is 19.7 Å². The molecule has 2 heterocycles. The molecule has 2 rings (SSSR count). The van der Waals surface area contributed by atoms with Gasteiger partial charge in [-0.1, -0.05) is 19.0 Å². The molecule has 0 radical (unpaired) electrons. The third kappa shape index (κ3) is 2.73. The summed E-state index contributed by atoms with van der Waals surface area (Å²) in [5.41, 5.74) is -1.57. The Morgan fingerprint density at radius 1 is 1.40 bits per heavy atom. The minimum absolute atomic E-state index is 0.297. The molecule has 6 nitrogen and oxygen atoms in total. The van der Waals surface area contributed by atoms with Crippen LogP contribution in [0.25, 0.3) is 0 Å². The van der Waals surface area contributed by atoms with E-state index in [-0.39, 0.29) is 0 Å². The Hall–Kier alpha value is -0.980. The van der Waals surface area contributed by atoms with Gasteiger partial charge in [0.05, 0.1) is 0 Å². The molecule has 0 amide bonds. The molecule has 1 atom stereocenters. The van der Waals surface area contributed by atoms with Crippen molar-refractivity contribution in [3.05, 3.63) is 11.7 Å². The first kappa shape index (κ1) is 15.4. The van der Waals surface area contributed by atoms with Gasteiger partial charge in [0, 0.05) is 13.2 Å². The Balaban J connectivity index is 2.26. The third-order valence-corrected chi connectivity index (χ3v) is 4.16. The first-order chi connectivity index (χ1) is 9.60. The lowest BCUT2D eigenvalue weighted by molar-refractivity contribution is -0.0583. The van der Waals surface area contributed by atoms with Gasteiger partial charge in [0.2, 0.25) is 5.82 Å². The van der Waals surface area contributed by atoms with E-state index in [0.717, 1.165) is 25.8 Å². The summed E-state index contributed by atoms with van der Waals surface area (Å²) in [6.45, 7) is 8.01. The SMILES string of the molecule is CCOC(CC)(CC)c1noc(C2(O)CCCNC2)n1. The summed E-state index contributed by atoms with van der Waals surface area (Å²) >= 11 is 0. The van der Waals surface area contributed by atoms with Crippen LogP contribution < -0.4 is 5.32 Å². The van der Waals surface area contributed by atoms with Gasteiger partial charge in [-0.3, -0.25) is 0 Å². The molecule has 1 fully saturated rings. The monoisotopic (exact) mass is 283 g/mol. The molecule has 1 aliphatic heterocycles. The van der Waals surface area contributed by atoms with Gasteiger partial charge in [-0.05, 0) is 39.2 Å². The van der Waals surface area contributed by atoms with Crippen LogP contribution in [0.1, 0.15) is 58.2 Å². The van der Waals surface area contributed by atoms with Crippen molar-refractivity contribution < 1.29 is 14.4 Å². The Labute approximate surface area is 119 Å². The highest BCUT2D eigenvalue weighted by atomic mass is 16.5. The standard InChI is InChI=1S/C14H25N3O3/c1-4-14(5-2,19-6-3)11-16-12(20-17-11)13(18)8-7-9-15-10-13/h15,18H,4-10H2,1-3H3. The highest BCUT2D eigenvalue weighted by Crippen LogP contribution is 2.33. The molecule has 2 N–H and O–H groups in total. The van der Waals surface area contributed by atoms with E-state index in [1.807, 2.05) is 20.8 Å². The van der Waals surface area contributed by atoms with E-state index in [1.165, 1.54) is 0 Å². The number of β-amino-alcohol motifs (C(OH)–C–C–N with tert-alkyl or cyclic N) is 1. The van der Waals surface area contributed by atoms with Crippen molar-refractivity contribution >= 4 is 0 Å². The average Bonchev–Trinajstić information content (AvgIpc) is 2.97. The van der Waals surface area contributed by atoms with E-state index in [1.54, 1.807) is 0 Å². The zero-order chi connectivity index (χ0) is 14.6. The highest BCUT2D eigenvalue weighted by Gasteiger charge is 2.40. The van der Waals surface area contributed by atoms with Crippen molar-refractivity contribution in [3.63, 3.8) is 0 Å². The quantitative estimate of drug-likeness (QED) is 0.827. The van der Waals surface area contributed by atoms with E-state index in [0.29, 0.717) is 31.3 Å². The molecule has 0 spiro atoms. The number of nitrogens with zero attached hydrogens (tertiary/aromatic N) is 2. The predicted octanol–water partition coefficient (Wildman–Crippen LogP) is 1.69. The van der Waals surface area contributed by atoms with Crippen LogP contribution in [-0.2, 0) is 15.9 Å². The number of aromatic nitrogens is 2. The van der Waals surface area contributed by atoms with Gasteiger partial charge >= 0.3 is 0 Å². The van der Waals surface area contributed by atoms with Crippen LogP contribution in [0, 0.1) is 0 Å². The Kier molecular flexibility index (Phi) is 4.78. The van der Waals surface area contributed by atoms with E-state index >= 15 is 0 Å². The van der Waals surface area contributed by atoms with Gasteiger partial charge in [-0.25, -0.2) is 0 Å². The maximum absolute atomic E-state index is 10.6. The van der Waals surface area contributed by atoms with Gasteiger partial charge < -0.3 is 19.7 Å². The summed E-state index contributed by atoms with van der Waals surface area (Å²) in [7, 11) is 0. The smallest absolute Gasteiger partial charge is 0.260 e. The molecule has 0 saturated carbocycles. The maximum atomic E-state index is 10.6. The lowest BCUT2D eigenvalue weighted by Crippen LogP contribution is -2.43. The topological polar surface area (TPSA) is 80.4 Å². The van der Waals surface area contributed by atoms with Crippen molar-refractivity contribution in [2.24, 2.45) is 0 Å². The second-order valence-corrected chi connectivity index (χ2v) is 5.37. The van der Waals surface area contributed by atoms with Gasteiger partial charge in [-0.2, -0.15) is 4.98 Å². The Morgan fingerprint density at radius 2 is 2.15 bits per heavy atom. The van der Waals surface area contributed by atoms with E-state index in [9.17, 15) is 5.11 Å². The van der Waals surface area contributed by atoms with Gasteiger partial charge in [-0.15, -0.1) is 0 Å². The number of hydrogen-bond donors (Lipinski definition) is 2. The molecule has 0 bridgehead atoms. The van der Waals surface area contributed by atoms with Crippen molar-refractivity contribution in [1.82, 2.24) is 15.5 Å². The number of piperidine rings is 1. The van der Waals surface area contributed by atoms with Crippen molar-refractivity contribution in [1.29, 1.82) is 0 Å². The zero-order valence-corrected chi connectivity index (χ0v) is 12.6. The molecule has 20 heavy (non-hydrogen) atoms. The first-order valence-corrected chi connectivity index (χ1v) is 7.52. The number of aliphatic hydroxyl groups is 1. The molecule has 6 heteroatoms. The number of nitrogens with one attached hydrogen (secondary N) is 1. The molecule has 1 aromatic rings. The Bertz CT molecular complexity index is 423. The molecular weight excluding hydrogens is 258 g/mol. The summed E-state index contributed by atoms with van der Waals surface area (Å²) in [6, 6.07) is 0. The molecule has 0 aliphatic carbocycles. The summed E-state index contributed by atoms with van der Waals surface area (Å²) in [5, 5.41) is 17.8. The van der Waals surface area contributed by atoms with Crippen LogP contribution in [0.3, 0.4) is 0 Å².